The molecule has 3 nitrogen and oxygen atoms in total. The highest BCUT2D eigenvalue weighted by Crippen LogP contribution is 2.37. The van der Waals surface area contributed by atoms with Crippen LogP contribution in [0.25, 0.3) is 0 Å². The molecule has 12 heavy (non-hydrogen) atoms. The summed E-state index contributed by atoms with van der Waals surface area (Å²) < 4.78 is 6.05. The lowest BCUT2D eigenvalue weighted by atomic mass is 10.0. The van der Waals surface area contributed by atoms with Gasteiger partial charge in [0.2, 0.25) is 0 Å². The van der Waals surface area contributed by atoms with E-state index in [1.165, 1.54) is 0 Å². The summed E-state index contributed by atoms with van der Waals surface area (Å²) in [4.78, 5) is 0. The zero-order valence-corrected chi connectivity index (χ0v) is 8.10. The predicted molar refractivity (Wildman–Crippen MR) is 47.7 cm³/mol. The quantitative estimate of drug-likeness (QED) is 0.763. The molecule has 0 radical (unpaired) electrons. The molecular weight excluding hydrogens is 222 g/mol. The van der Waals surface area contributed by atoms with Gasteiger partial charge in [0.05, 0.1) is 12.1 Å². The summed E-state index contributed by atoms with van der Waals surface area (Å²) in [5, 5.41) is 9.08. The topological polar surface area (TPSA) is 59.4 Å². The van der Waals surface area contributed by atoms with Crippen molar-refractivity contribution in [1.29, 1.82) is 0 Å². The summed E-state index contributed by atoms with van der Waals surface area (Å²) in [6.07, 6.45) is 1.66. The smallest absolute Gasteiger partial charge is 0.169 e. The Hall–Kier alpha value is -0.320. The van der Waals surface area contributed by atoms with Crippen molar-refractivity contribution in [1.82, 2.24) is 0 Å². The van der Waals surface area contributed by atoms with Crippen LogP contribution in [-0.2, 0) is 12.0 Å². The number of aryl methyl sites for hydroxylation is 1. The summed E-state index contributed by atoms with van der Waals surface area (Å²) in [5.41, 5.74) is 6.38. The van der Waals surface area contributed by atoms with Crippen LogP contribution in [0.3, 0.4) is 0 Å². The van der Waals surface area contributed by atoms with Crippen LogP contribution in [0, 0.1) is 0 Å². The van der Waals surface area contributed by atoms with Gasteiger partial charge >= 0.3 is 0 Å². The van der Waals surface area contributed by atoms with Gasteiger partial charge in [-0.25, -0.2) is 0 Å². The molecular formula is C8H10BrNO2. The van der Waals surface area contributed by atoms with Crippen molar-refractivity contribution < 1.29 is 9.52 Å². The number of fused-ring (bicyclic) bond motifs is 1. The van der Waals surface area contributed by atoms with Gasteiger partial charge in [-0.3, -0.25) is 0 Å². The number of rotatable bonds is 1. The normalized spacial score (nSPS) is 27.6. The van der Waals surface area contributed by atoms with E-state index >= 15 is 0 Å². The van der Waals surface area contributed by atoms with E-state index in [9.17, 15) is 0 Å². The maximum atomic E-state index is 9.08. The van der Waals surface area contributed by atoms with E-state index in [4.69, 9.17) is 15.3 Å². The third kappa shape index (κ3) is 1.02. The van der Waals surface area contributed by atoms with Crippen LogP contribution in [-0.4, -0.2) is 11.7 Å². The first-order chi connectivity index (χ1) is 5.65. The maximum Gasteiger partial charge on any atom is 0.169 e. The van der Waals surface area contributed by atoms with E-state index in [1.54, 1.807) is 0 Å². The molecule has 0 amide bonds. The molecule has 0 spiro atoms. The first-order valence-corrected chi connectivity index (χ1v) is 4.63. The van der Waals surface area contributed by atoms with Crippen molar-refractivity contribution in [3.05, 3.63) is 22.1 Å². The van der Waals surface area contributed by atoms with Gasteiger partial charge in [-0.1, -0.05) is 0 Å². The highest BCUT2D eigenvalue weighted by atomic mass is 79.9. The van der Waals surface area contributed by atoms with Gasteiger partial charge < -0.3 is 15.3 Å². The predicted octanol–water partition coefficient (Wildman–Crippen LogP) is 1.13. The highest BCUT2D eigenvalue weighted by molar-refractivity contribution is 9.10. The number of aliphatic hydroxyl groups is 1. The van der Waals surface area contributed by atoms with Gasteiger partial charge in [-0.15, -0.1) is 0 Å². The molecule has 66 valence electrons. The lowest BCUT2D eigenvalue weighted by molar-refractivity contribution is 0.175. The van der Waals surface area contributed by atoms with Gasteiger partial charge in [0, 0.05) is 0 Å². The van der Waals surface area contributed by atoms with Crippen LogP contribution >= 0.6 is 15.9 Å². The minimum Gasteiger partial charge on any atom is -0.452 e. The molecule has 0 saturated heterocycles. The van der Waals surface area contributed by atoms with E-state index < -0.39 is 5.54 Å². The highest BCUT2D eigenvalue weighted by Gasteiger charge is 2.38. The first-order valence-electron chi connectivity index (χ1n) is 3.84. The van der Waals surface area contributed by atoms with Crippen molar-refractivity contribution in [2.24, 2.45) is 5.73 Å². The Balaban J connectivity index is 2.47. The standard InChI is InChI=1S/C8H10BrNO2/c9-6-3-5-1-2-8(10,4-11)7(5)12-6/h3,11H,1-2,4,10H2. The summed E-state index contributed by atoms with van der Waals surface area (Å²) in [6.45, 7) is -0.0556. The van der Waals surface area contributed by atoms with Crippen LogP contribution in [0.5, 0.6) is 0 Å². The minimum absolute atomic E-state index is 0.0556. The lowest BCUT2D eigenvalue weighted by Gasteiger charge is -2.18. The molecule has 1 aliphatic carbocycles. The maximum absolute atomic E-state index is 9.08. The van der Waals surface area contributed by atoms with Crippen molar-refractivity contribution in [3.63, 3.8) is 0 Å². The SMILES string of the molecule is NC1(CO)CCc2cc(Br)oc21. The number of hydrogen-bond donors (Lipinski definition) is 2. The molecule has 1 aromatic rings. The van der Waals surface area contributed by atoms with E-state index in [1.807, 2.05) is 6.07 Å². The van der Waals surface area contributed by atoms with Gasteiger partial charge in [0.25, 0.3) is 0 Å². The number of hydrogen-bond acceptors (Lipinski definition) is 3. The third-order valence-electron chi connectivity index (χ3n) is 2.35. The Labute approximate surface area is 78.7 Å². The molecule has 1 atom stereocenters. The van der Waals surface area contributed by atoms with Crippen LogP contribution < -0.4 is 5.73 Å². The second-order valence-corrected chi connectivity index (χ2v) is 4.00. The summed E-state index contributed by atoms with van der Waals surface area (Å²) >= 11 is 3.23. The number of halogens is 1. The van der Waals surface area contributed by atoms with Crippen molar-refractivity contribution in [3.8, 4) is 0 Å². The second kappa shape index (κ2) is 2.58. The average Bonchev–Trinajstić information content (AvgIpc) is 2.53. The number of nitrogens with two attached hydrogens (primary N) is 1. The fraction of sp³-hybridized carbons (Fsp3) is 0.500. The third-order valence-corrected chi connectivity index (χ3v) is 2.74. The van der Waals surface area contributed by atoms with Gasteiger partial charge in [-0.2, -0.15) is 0 Å². The summed E-state index contributed by atoms with van der Waals surface area (Å²) in [5.74, 6) is 0.733. The summed E-state index contributed by atoms with van der Waals surface area (Å²) in [6, 6.07) is 1.92. The molecule has 4 heteroatoms. The molecule has 2 rings (SSSR count). The first kappa shape index (κ1) is 8.29. The molecule has 1 heterocycles. The Morgan fingerprint density at radius 2 is 2.50 bits per heavy atom. The Morgan fingerprint density at radius 1 is 1.75 bits per heavy atom. The monoisotopic (exact) mass is 231 g/mol. The van der Waals surface area contributed by atoms with E-state index in [0.717, 1.165) is 24.2 Å². The molecule has 1 unspecified atom stereocenters. The molecule has 0 bridgehead atoms. The van der Waals surface area contributed by atoms with Gasteiger partial charge in [-0.05, 0) is 40.4 Å². The van der Waals surface area contributed by atoms with E-state index in [-0.39, 0.29) is 6.61 Å². The number of aliphatic hydroxyl groups excluding tert-OH is 1. The Morgan fingerprint density at radius 3 is 3.17 bits per heavy atom. The van der Waals surface area contributed by atoms with Gasteiger partial charge in [0.15, 0.2) is 4.67 Å². The van der Waals surface area contributed by atoms with Gasteiger partial charge in [0.1, 0.15) is 5.76 Å². The molecule has 0 saturated carbocycles. The molecule has 0 fully saturated rings. The van der Waals surface area contributed by atoms with E-state index in [2.05, 4.69) is 15.9 Å². The zero-order chi connectivity index (χ0) is 8.77. The zero-order valence-electron chi connectivity index (χ0n) is 6.51. The van der Waals surface area contributed by atoms with Crippen LogP contribution in [0.2, 0.25) is 0 Å². The largest absolute Gasteiger partial charge is 0.452 e. The van der Waals surface area contributed by atoms with Crippen molar-refractivity contribution >= 4 is 15.9 Å². The molecule has 0 aromatic carbocycles. The molecule has 1 aliphatic rings. The lowest BCUT2D eigenvalue weighted by Crippen LogP contribution is -2.37. The Kier molecular flexibility index (Phi) is 1.78. The second-order valence-electron chi connectivity index (χ2n) is 3.22. The average molecular weight is 232 g/mol. The van der Waals surface area contributed by atoms with Crippen LogP contribution in [0.4, 0.5) is 0 Å². The van der Waals surface area contributed by atoms with Crippen LogP contribution in [0.15, 0.2) is 15.2 Å². The molecule has 3 N–H and O–H groups in total. The minimum atomic E-state index is -0.651. The molecule has 1 aromatic heterocycles. The summed E-state index contributed by atoms with van der Waals surface area (Å²) in [7, 11) is 0. The fourth-order valence-corrected chi connectivity index (χ4v) is 2.06. The number of furan rings is 1. The van der Waals surface area contributed by atoms with Crippen LogP contribution in [0.1, 0.15) is 17.7 Å². The Bertz CT molecular complexity index is 310. The fourth-order valence-electron chi connectivity index (χ4n) is 1.62. The van der Waals surface area contributed by atoms with Crippen molar-refractivity contribution in [2.45, 2.75) is 18.4 Å². The van der Waals surface area contributed by atoms with E-state index in [0.29, 0.717) is 4.67 Å². The molecule has 0 aliphatic heterocycles. The van der Waals surface area contributed by atoms with Crippen molar-refractivity contribution in [2.75, 3.05) is 6.61 Å².